The van der Waals surface area contributed by atoms with Crippen LogP contribution in [0, 0.1) is 11.6 Å². The number of nitrogens with zero attached hydrogens (tertiary/aromatic N) is 1. The average Bonchev–Trinajstić information content (AvgIpc) is 2.72. The summed E-state index contributed by atoms with van der Waals surface area (Å²) in [5, 5.41) is 0.486. The van der Waals surface area contributed by atoms with Crippen molar-refractivity contribution in [2.45, 2.75) is 13.2 Å². The lowest BCUT2D eigenvalue weighted by molar-refractivity contribution is 0.181. The molecule has 0 bridgehead atoms. The molecule has 0 unspecified atom stereocenters. The first-order chi connectivity index (χ1) is 8.65. The number of thiazole rings is 1. The summed E-state index contributed by atoms with van der Waals surface area (Å²) in [5.74, 6) is -1.24. The topological polar surface area (TPSA) is 48.1 Å². The largest absolute Gasteiger partial charge is 0.378 e. The fraction of sp³-hybridized carbons (Fsp3) is 0.250. The van der Waals surface area contributed by atoms with E-state index in [2.05, 4.69) is 4.98 Å². The van der Waals surface area contributed by atoms with E-state index in [1.807, 2.05) is 0 Å². The molecule has 2 aromatic rings. The summed E-state index contributed by atoms with van der Waals surface area (Å²) in [6.07, 6.45) is 0. The van der Waals surface area contributed by atoms with Crippen molar-refractivity contribution in [2.24, 2.45) is 5.73 Å². The number of benzene rings is 1. The van der Waals surface area contributed by atoms with Crippen molar-refractivity contribution in [1.82, 2.24) is 4.98 Å². The van der Waals surface area contributed by atoms with E-state index in [1.54, 1.807) is 7.11 Å². The first kappa shape index (κ1) is 13.1. The molecule has 0 aliphatic heterocycles. The van der Waals surface area contributed by atoms with Gasteiger partial charge in [-0.1, -0.05) is 0 Å². The van der Waals surface area contributed by atoms with Crippen molar-refractivity contribution in [3.63, 3.8) is 0 Å². The maximum Gasteiger partial charge on any atom is 0.136 e. The van der Waals surface area contributed by atoms with Gasteiger partial charge >= 0.3 is 0 Å². The minimum absolute atomic E-state index is 0.276. The molecular weight excluding hydrogens is 258 g/mol. The first-order valence-electron chi connectivity index (χ1n) is 5.28. The molecule has 0 aliphatic rings. The zero-order valence-corrected chi connectivity index (χ0v) is 10.6. The molecule has 0 radical (unpaired) electrons. The van der Waals surface area contributed by atoms with Gasteiger partial charge in [-0.05, 0) is 12.1 Å². The quantitative estimate of drug-likeness (QED) is 0.929. The van der Waals surface area contributed by atoms with Crippen LogP contribution >= 0.6 is 11.3 Å². The minimum atomic E-state index is -0.628. The van der Waals surface area contributed by atoms with E-state index in [-0.39, 0.29) is 5.56 Å². The Hall–Kier alpha value is -1.37. The summed E-state index contributed by atoms with van der Waals surface area (Å²) < 4.78 is 31.5. The molecule has 6 heteroatoms. The fourth-order valence-corrected chi connectivity index (χ4v) is 2.54. The second-order valence-electron chi connectivity index (χ2n) is 3.65. The lowest BCUT2D eigenvalue weighted by atomic mass is 10.2. The monoisotopic (exact) mass is 270 g/mol. The van der Waals surface area contributed by atoms with Crippen LogP contribution in [0.2, 0.25) is 0 Å². The third-order valence-corrected chi connectivity index (χ3v) is 3.56. The highest BCUT2D eigenvalue weighted by molar-refractivity contribution is 7.15. The highest BCUT2D eigenvalue weighted by Crippen LogP contribution is 2.30. The number of methoxy groups -OCH3 is 1. The Balaban J connectivity index is 2.44. The first-order valence-corrected chi connectivity index (χ1v) is 6.10. The summed E-state index contributed by atoms with van der Waals surface area (Å²) in [7, 11) is 1.55. The smallest absolute Gasteiger partial charge is 0.136 e. The summed E-state index contributed by atoms with van der Waals surface area (Å²) in [6, 6.07) is 3.42. The molecule has 0 saturated heterocycles. The SMILES string of the molecule is COCc1nc(-c2ccc(F)cc2F)sc1CN. The molecule has 1 aromatic carbocycles. The van der Waals surface area contributed by atoms with E-state index < -0.39 is 11.6 Å². The summed E-state index contributed by atoms with van der Waals surface area (Å²) in [6.45, 7) is 0.644. The van der Waals surface area contributed by atoms with E-state index in [9.17, 15) is 8.78 Å². The molecule has 0 spiro atoms. The predicted molar refractivity (Wildman–Crippen MR) is 66.1 cm³/mol. The van der Waals surface area contributed by atoms with Gasteiger partial charge in [0.05, 0.1) is 12.3 Å². The van der Waals surface area contributed by atoms with Gasteiger partial charge in [-0.15, -0.1) is 11.3 Å². The number of aromatic nitrogens is 1. The summed E-state index contributed by atoms with van der Waals surface area (Å²) >= 11 is 1.29. The van der Waals surface area contributed by atoms with Crippen molar-refractivity contribution in [3.8, 4) is 10.6 Å². The highest BCUT2D eigenvalue weighted by atomic mass is 32.1. The van der Waals surface area contributed by atoms with E-state index >= 15 is 0 Å². The molecule has 0 saturated carbocycles. The maximum absolute atomic E-state index is 13.6. The van der Waals surface area contributed by atoms with Crippen LogP contribution in [0.1, 0.15) is 10.6 Å². The van der Waals surface area contributed by atoms with Gasteiger partial charge in [0.15, 0.2) is 0 Å². The van der Waals surface area contributed by atoms with Crippen LogP contribution in [0.3, 0.4) is 0 Å². The molecule has 1 aromatic heterocycles. The van der Waals surface area contributed by atoms with Crippen molar-refractivity contribution in [3.05, 3.63) is 40.4 Å². The van der Waals surface area contributed by atoms with Gasteiger partial charge < -0.3 is 10.5 Å². The predicted octanol–water partition coefficient (Wildman–Crippen LogP) is 2.69. The fourth-order valence-electron chi connectivity index (χ4n) is 1.57. The van der Waals surface area contributed by atoms with Crippen molar-refractivity contribution in [2.75, 3.05) is 7.11 Å². The molecule has 0 fully saturated rings. The average molecular weight is 270 g/mol. The number of nitrogens with two attached hydrogens (primary N) is 1. The molecule has 1 heterocycles. The molecule has 2 rings (SSSR count). The van der Waals surface area contributed by atoms with E-state index in [1.165, 1.54) is 23.5 Å². The van der Waals surface area contributed by atoms with Gasteiger partial charge in [0, 0.05) is 30.2 Å². The van der Waals surface area contributed by atoms with Crippen molar-refractivity contribution < 1.29 is 13.5 Å². The Morgan fingerprint density at radius 1 is 1.39 bits per heavy atom. The van der Waals surface area contributed by atoms with Gasteiger partial charge in [-0.2, -0.15) is 0 Å². The molecular formula is C12H12F2N2OS. The number of rotatable bonds is 4. The van der Waals surface area contributed by atoms with Gasteiger partial charge in [0.2, 0.25) is 0 Å². The standard InChI is InChI=1S/C12H12F2N2OS/c1-17-6-10-11(5-15)18-12(16-10)8-3-2-7(13)4-9(8)14/h2-4H,5-6,15H2,1H3. The third-order valence-electron chi connectivity index (χ3n) is 2.41. The van der Waals surface area contributed by atoms with Gasteiger partial charge in [-0.25, -0.2) is 13.8 Å². The minimum Gasteiger partial charge on any atom is -0.378 e. The Labute approximate surface area is 107 Å². The normalized spacial score (nSPS) is 10.9. The van der Waals surface area contributed by atoms with Crippen LogP contribution in [0.4, 0.5) is 8.78 Å². The summed E-state index contributed by atoms with van der Waals surface area (Å²) in [4.78, 5) is 5.13. The van der Waals surface area contributed by atoms with Crippen molar-refractivity contribution in [1.29, 1.82) is 0 Å². The molecule has 0 atom stereocenters. The van der Waals surface area contributed by atoms with Crippen LogP contribution < -0.4 is 5.73 Å². The Morgan fingerprint density at radius 3 is 2.78 bits per heavy atom. The van der Waals surface area contributed by atoms with E-state index in [0.29, 0.717) is 23.9 Å². The van der Waals surface area contributed by atoms with Crippen LogP contribution in [0.15, 0.2) is 18.2 Å². The molecule has 2 N–H and O–H groups in total. The lowest BCUT2D eigenvalue weighted by Crippen LogP contribution is -1.99. The van der Waals surface area contributed by atoms with Gasteiger partial charge in [0.25, 0.3) is 0 Å². The van der Waals surface area contributed by atoms with Crippen LogP contribution in [0.25, 0.3) is 10.6 Å². The van der Waals surface area contributed by atoms with Crippen LogP contribution in [-0.4, -0.2) is 12.1 Å². The molecule has 96 valence electrons. The molecule has 18 heavy (non-hydrogen) atoms. The van der Waals surface area contributed by atoms with E-state index in [0.717, 1.165) is 10.9 Å². The number of hydrogen-bond donors (Lipinski definition) is 1. The number of halogens is 2. The van der Waals surface area contributed by atoms with Gasteiger partial charge in [-0.3, -0.25) is 0 Å². The number of hydrogen-bond acceptors (Lipinski definition) is 4. The molecule has 0 aliphatic carbocycles. The molecule has 0 amide bonds. The second kappa shape index (κ2) is 5.51. The zero-order valence-electron chi connectivity index (χ0n) is 9.74. The number of ether oxygens (including phenoxy) is 1. The van der Waals surface area contributed by atoms with Crippen LogP contribution in [0.5, 0.6) is 0 Å². The van der Waals surface area contributed by atoms with Crippen molar-refractivity contribution >= 4 is 11.3 Å². The molecule has 3 nitrogen and oxygen atoms in total. The summed E-state index contributed by atoms with van der Waals surface area (Å²) in [5.41, 5.74) is 6.57. The third kappa shape index (κ3) is 2.55. The Bertz CT molecular complexity index is 557. The van der Waals surface area contributed by atoms with Crippen LogP contribution in [-0.2, 0) is 17.9 Å². The van der Waals surface area contributed by atoms with E-state index in [4.69, 9.17) is 10.5 Å². The van der Waals surface area contributed by atoms with Gasteiger partial charge in [0.1, 0.15) is 16.6 Å². The Morgan fingerprint density at radius 2 is 2.17 bits per heavy atom. The lowest BCUT2D eigenvalue weighted by Gasteiger charge is -1.98. The highest BCUT2D eigenvalue weighted by Gasteiger charge is 2.14. The second-order valence-corrected chi connectivity index (χ2v) is 4.73. The Kier molecular flexibility index (Phi) is 4.00. The zero-order chi connectivity index (χ0) is 13.1. The maximum atomic E-state index is 13.6.